The lowest BCUT2D eigenvalue weighted by Gasteiger charge is -2.20. The van der Waals surface area contributed by atoms with Crippen LogP contribution in [-0.4, -0.2) is 39.7 Å². The van der Waals surface area contributed by atoms with E-state index in [-0.39, 0.29) is 30.5 Å². The highest BCUT2D eigenvalue weighted by Gasteiger charge is 2.28. The first-order valence-electron chi connectivity index (χ1n) is 7.16. The van der Waals surface area contributed by atoms with Gasteiger partial charge in [-0.1, -0.05) is 17.7 Å². The molecular weight excluding hydrogens is 300 g/mol. The SMILES string of the molecule is CCN(CCO)c1ncnc(Oc2ccc(C)cc2)c1[N+](=O)[O-]. The van der Waals surface area contributed by atoms with Crippen molar-refractivity contribution < 1.29 is 14.8 Å². The van der Waals surface area contributed by atoms with E-state index in [0.29, 0.717) is 12.3 Å². The zero-order valence-electron chi connectivity index (χ0n) is 13.0. The number of nitro groups is 1. The molecule has 0 aliphatic rings. The molecule has 0 bridgehead atoms. The minimum Gasteiger partial charge on any atom is -0.434 e. The van der Waals surface area contributed by atoms with Gasteiger partial charge in [-0.15, -0.1) is 0 Å². The summed E-state index contributed by atoms with van der Waals surface area (Å²) in [5, 5.41) is 20.6. The van der Waals surface area contributed by atoms with Crippen LogP contribution in [0.5, 0.6) is 11.6 Å². The van der Waals surface area contributed by atoms with Crippen molar-refractivity contribution in [2.45, 2.75) is 13.8 Å². The Morgan fingerprint density at radius 3 is 2.57 bits per heavy atom. The molecule has 0 aliphatic heterocycles. The van der Waals surface area contributed by atoms with Gasteiger partial charge in [-0.3, -0.25) is 10.1 Å². The second-order valence-corrected chi connectivity index (χ2v) is 4.83. The quantitative estimate of drug-likeness (QED) is 0.617. The van der Waals surface area contributed by atoms with Gasteiger partial charge in [0.05, 0.1) is 11.5 Å². The van der Waals surface area contributed by atoms with Crippen LogP contribution >= 0.6 is 0 Å². The number of aromatic nitrogens is 2. The van der Waals surface area contributed by atoms with Crippen molar-refractivity contribution in [1.29, 1.82) is 0 Å². The van der Waals surface area contributed by atoms with Crippen LogP contribution < -0.4 is 9.64 Å². The van der Waals surface area contributed by atoms with Gasteiger partial charge < -0.3 is 14.7 Å². The first-order chi connectivity index (χ1) is 11.1. The number of benzene rings is 1. The zero-order chi connectivity index (χ0) is 16.8. The van der Waals surface area contributed by atoms with Gasteiger partial charge in [0.1, 0.15) is 12.1 Å². The Morgan fingerprint density at radius 1 is 1.30 bits per heavy atom. The summed E-state index contributed by atoms with van der Waals surface area (Å²) in [4.78, 5) is 20.4. The van der Waals surface area contributed by atoms with Gasteiger partial charge >= 0.3 is 11.6 Å². The number of hydrogen-bond acceptors (Lipinski definition) is 7. The summed E-state index contributed by atoms with van der Waals surface area (Å²) in [5.41, 5.74) is 0.735. The average Bonchev–Trinajstić information content (AvgIpc) is 2.54. The number of aryl methyl sites for hydroxylation is 1. The second kappa shape index (κ2) is 7.50. The molecule has 0 aliphatic carbocycles. The van der Waals surface area contributed by atoms with E-state index in [1.165, 1.54) is 6.33 Å². The number of aliphatic hydroxyl groups is 1. The highest BCUT2D eigenvalue weighted by atomic mass is 16.6. The Labute approximate surface area is 133 Å². The highest BCUT2D eigenvalue weighted by Crippen LogP contribution is 2.35. The van der Waals surface area contributed by atoms with Crippen LogP contribution in [0.3, 0.4) is 0 Å². The molecule has 122 valence electrons. The Balaban J connectivity index is 2.43. The summed E-state index contributed by atoms with van der Waals surface area (Å²) < 4.78 is 5.56. The fraction of sp³-hybridized carbons (Fsp3) is 0.333. The van der Waals surface area contributed by atoms with Gasteiger partial charge in [-0.05, 0) is 26.0 Å². The molecule has 1 aromatic heterocycles. The number of aliphatic hydroxyl groups excluding tert-OH is 1. The minimum atomic E-state index is -0.571. The Hall–Kier alpha value is -2.74. The van der Waals surface area contributed by atoms with Crippen molar-refractivity contribution in [2.24, 2.45) is 0 Å². The molecule has 0 spiro atoms. The standard InChI is InChI=1S/C15H18N4O4/c1-3-18(8-9-20)14-13(19(21)22)15(17-10-16-14)23-12-6-4-11(2)5-7-12/h4-7,10,20H,3,8-9H2,1-2H3. The van der Waals surface area contributed by atoms with E-state index >= 15 is 0 Å². The number of likely N-dealkylation sites (N-methyl/N-ethyl adjacent to an activating group) is 1. The molecule has 0 unspecified atom stereocenters. The van der Waals surface area contributed by atoms with E-state index in [1.807, 2.05) is 26.0 Å². The highest BCUT2D eigenvalue weighted by molar-refractivity contribution is 5.63. The Morgan fingerprint density at radius 2 is 2.00 bits per heavy atom. The van der Waals surface area contributed by atoms with Gasteiger partial charge in [-0.25, -0.2) is 4.98 Å². The number of ether oxygens (including phenoxy) is 1. The molecular formula is C15H18N4O4. The van der Waals surface area contributed by atoms with Crippen LogP contribution in [0, 0.1) is 17.0 Å². The van der Waals surface area contributed by atoms with Crippen LogP contribution in [-0.2, 0) is 0 Å². The first kappa shape index (κ1) is 16.6. The number of rotatable bonds is 7. The molecule has 0 fully saturated rings. The van der Waals surface area contributed by atoms with Crippen LogP contribution in [0.2, 0.25) is 0 Å². The molecule has 1 aromatic carbocycles. The van der Waals surface area contributed by atoms with Crippen LogP contribution in [0.4, 0.5) is 11.5 Å². The lowest BCUT2D eigenvalue weighted by atomic mass is 10.2. The fourth-order valence-electron chi connectivity index (χ4n) is 2.07. The fourth-order valence-corrected chi connectivity index (χ4v) is 2.07. The van der Waals surface area contributed by atoms with E-state index in [0.717, 1.165) is 5.56 Å². The number of anilines is 1. The number of hydrogen-bond donors (Lipinski definition) is 1. The maximum atomic E-state index is 11.5. The maximum absolute atomic E-state index is 11.5. The summed E-state index contributed by atoms with van der Waals surface area (Å²) in [6, 6.07) is 7.11. The zero-order valence-corrected chi connectivity index (χ0v) is 13.0. The van der Waals surface area contributed by atoms with Gasteiger partial charge in [0.25, 0.3) is 0 Å². The smallest absolute Gasteiger partial charge is 0.373 e. The molecule has 0 amide bonds. The van der Waals surface area contributed by atoms with Gasteiger partial charge in [0, 0.05) is 13.1 Å². The molecule has 1 heterocycles. The summed E-state index contributed by atoms with van der Waals surface area (Å²) in [7, 11) is 0. The lowest BCUT2D eigenvalue weighted by molar-refractivity contribution is -0.385. The summed E-state index contributed by atoms with van der Waals surface area (Å²) in [6.45, 7) is 4.31. The summed E-state index contributed by atoms with van der Waals surface area (Å²) in [6.07, 6.45) is 1.21. The summed E-state index contributed by atoms with van der Waals surface area (Å²) >= 11 is 0. The molecule has 8 nitrogen and oxygen atoms in total. The summed E-state index contributed by atoms with van der Waals surface area (Å²) in [5.74, 6) is 0.456. The van der Waals surface area contributed by atoms with Crippen molar-refractivity contribution in [1.82, 2.24) is 9.97 Å². The van der Waals surface area contributed by atoms with E-state index in [2.05, 4.69) is 9.97 Å². The van der Waals surface area contributed by atoms with Gasteiger partial charge in [0.2, 0.25) is 5.82 Å². The van der Waals surface area contributed by atoms with Crippen molar-refractivity contribution in [3.05, 3.63) is 46.3 Å². The minimum absolute atomic E-state index is 0.125. The molecule has 8 heteroatoms. The van der Waals surface area contributed by atoms with E-state index in [9.17, 15) is 10.1 Å². The molecule has 2 rings (SSSR count). The van der Waals surface area contributed by atoms with Crippen molar-refractivity contribution in [3.63, 3.8) is 0 Å². The van der Waals surface area contributed by atoms with Crippen molar-refractivity contribution in [3.8, 4) is 11.6 Å². The number of nitrogens with zero attached hydrogens (tertiary/aromatic N) is 4. The Kier molecular flexibility index (Phi) is 5.42. The van der Waals surface area contributed by atoms with Crippen molar-refractivity contribution >= 4 is 11.5 Å². The predicted octanol–water partition coefficient (Wildman–Crippen LogP) is 2.30. The van der Waals surface area contributed by atoms with Crippen LogP contribution in [0.1, 0.15) is 12.5 Å². The molecule has 0 saturated carbocycles. The third kappa shape index (κ3) is 3.92. The van der Waals surface area contributed by atoms with Crippen LogP contribution in [0.25, 0.3) is 0 Å². The molecule has 0 radical (unpaired) electrons. The normalized spacial score (nSPS) is 10.4. The van der Waals surface area contributed by atoms with E-state index in [4.69, 9.17) is 9.84 Å². The predicted molar refractivity (Wildman–Crippen MR) is 84.9 cm³/mol. The maximum Gasteiger partial charge on any atom is 0.373 e. The first-order valence-corrected chi connectivity index (χ1v) is 7.16. The molecule has 1 N–H and O–H groups in total. The van der Waals surface area contributed by atoms with E-state index in [1.54, 1.807) is 17.0 Å². The molecule has 0 saturated heterocycles. The third-order valence-electron chi connectivity index (χ3n) is 3.24. The average molecular weight is 318 g/mol. The molecule has 0 atom stereocenters. The largest absolute Gasteiger partial charge is 0.434 e. The van der Waals surface area contributed by atoms with Crippen molar-refractivity contribution in [2.75, 3.05) is 24.6 Å². The van der Waals surface area contributed by atoms with E-state index < -0.39 is 4.92 Å². The van der Waals surface area contributed by atoms with Crippen LogP contribution in [0.15, 0.2) is 30.6 Å². The Bertz CT molecular complexity index is 676. The lowest BCUT2D eigenvalue weighted by Crippen LogP contribution is -2.28. The second-order valence-electron chi connectivity index (χ2n) is 4.83. The van der Waals surface area contributed by atoms with Gasteiger partial charge in [-0.2, -0.15) is 4.98 Å². The monoisotopic (exact) mass is 318 g/mol. The topological polar surface area (TPSA) is 102 Å². The third-order valence-corrected chi connectivity index (χ3v) is 3.24. The molecule has 2 aromatic rings. The molecule has 23 heavy (non-hydrogen) atoms. The van der Waals surface area contributed by atoms with Gasteiger partial charge in [0.15, 0.2) is 0 Å².